The molecule has 0 saturated carbocycles. The van der Waals surface area contributed by atoms with Crippen LogP contribution in [0.1, 0.15) is 19.4 Å². The summed E-state index contributed by atoms with van der Waals surface area (Å²) in [6.07, 6.45) is 2.52. The molecule has 0 aromatic heterocycles. The van der Waals surface area contributed by atoms with Crippen LogP contribution >= 0.6 is 11.6 Å². The van der Waals surface area contributed by atoms with Gasteiger partial charge in [-0.25, -0.2) is 13.8 Å². The van der Waals surface area contributed by atoms with Crippen LogP contribution in [0.3, 0.4) is 0 Å². The van der Waals surface area contributed by atoms with Crippen LogP contribution in [-0.2, 0) is 14.8 Å². The molecule has 2 aromatic carbocycles. The molecule has 7 nitrogen and oxygen atoms in total. The van der Waals surface area contributed by atoms with Gasteiger partial charge in [0, 0.05) is 18.8 Å². The van der Waals surface area contributed by atoms with Gasteiger partial charge in [0.05, 0.1) is 23.2 Å². The zero-order chi connectivity index (χ0) is 21.4. The van der Waals surface area contributed by atoms with E-state index in [0.29, 0.717) is 0 Å². The van der Waals surface area contributed by atoms with E-state index in [4.69, 9.17) is 11.6 Å². The van der Waals surface area contributed by atoms with Gasteiger partial charge in [-0.15, -0.1) is 0 Å². The molecule has 0 unspecified atom stereocenters. The zero-order valence-corrected chi connectivity index (χ0v) is 18.2. The van der Waals surface area contributed by atoms with Crippen molar-refractivity contribution < 1.29 is 13.2 Å². The first-order valence-corrected chi connectivity index (χ1v) is 11.4. The number of carbonyl (C=O) groups excluding carboxylic acids is 1. The minimum atomic E-state index is -3.70. The van der Waals surface area contributed by atoms with Gasteiger partial charge in [0.15, 0.2) is 0 Å². The maximum absolute atomic E-state index is 12.2. The summed E-state index contributed by atoms with van der Waals surface area (Å²) in [6.45, 7) is 5.60. The third-order valence-electron chi connectivity index (χ3n) is 4.23. The number of hydrazone groups is 1. The van der Waals surface area contributed by atoms with E-state index < -0.39 is 22.5 Å². The number of halogens is 1. The van der Waals surface area contributed by atoms with Crippen molar-refractivity contribution in [2.24, 2.45) is 5.10 Å². The second-order valence-electron chi connectivity index (χ2n) is 6.28. The standard InChI is InChI=1S/C20H25ClN4O3S/c1-4-24(5-2)17-12-10-16(11-13-17)14-22-23-20(26)15-25(29(3,27)28)19-9-7-6-8-18(19)21/h6-14H,4-5,15H2,1-3H3,(H,23,26)/b22-14+. The summed E-state index contributed by atoms with van der Waals surface area (Å²) < 4.78 is 25.1. The minimum absolute atomic E-state index is 0.238. The largest absolute Gasteiger partial charge is 0.372 e. The number of carbonyl (C=O) groups is 1. The summed E-state index contributed by atoms with van der Waals surface area (Å²) in [7, 11) is -3.70. The van der Waals surface area contributed by atoms with E-state index in [1.165, 1.54) is 12.3 Å². The Bertz CT molecular complexity index is 958. The van der Waals surface area contributed by atoms with Crippen molar-refractivity contribution in [2.75, 3.05) is 35.1 Å². The lowest BCUT2D eigenvalue weighted by Crippen LogP contribution is -2.39. The number of hydrogen-bond donors (Lipinski definition) is 1. The Labute approximate surface area is 177 Å². The molecule has 1 amide bonds. The summed E-state index contributed by atoms with van der Waals surface area (Å²) in [5.74, 6) is -0.577. The summed E-state index contributed by atoms with van der Waals surface area (Å²) in [6, 6.07) is 14.2. The Balaban J connectivity index is 2.03. The Morgan fingerprint density at radius 1 is 1.10 bits per heavy atom. The molecule has 156 valence electrons. The highest BCUT2D eigenvalue weighted by Crippen LogP contribution is 2.26. The van der Waals surface area contributed by atoms with E-state index in [2.05, 4.69) is 29.3 Å². The molecular weight excluding hydrogens is 412 g/mol. The van der Waals surface area contributed by atoms with Gasteiger partial charge in [-0.3, -0.25) is 9.10 Å². The van der Waals surface area contributed by atoms with E-state index in [0.717, 1.165) is 34.9 Å². The molecule has 0 aliphatic rings. The van der Waals surface area contributed by atoms with Gasteiger partial charge < -0.3 is 4.90 Å². The summed E-state index contributed by atoms with van der Waals surface area (Å²) >= 11 is 6.08. The number of nitrogens with zero attached hydrogens (tertiary/aromatic N) is 3. The maximum atomic E-state index is 12.2. The first kappa shape index (κ1) is 22.7. The number of hydrogen-bond acceptors (Lipinski definition) is 5. The highest BCUT2D eigenvalue weighted by atomic mass is 35.5. The second-order valence-corrected chi connectivity index (χ2v) is 8.59. The lowest BCUT2D eigenvalue weighted by molar-refractivity contribution is -0.119. The van der Waals surface area contributed by atoms with E-state index in [1.807, 2.05) is 24.3 Å². The Kier molecular flexibility index (Phi) is 8.04. The third-order valence-corrected chi connectivity index (χ3v) is 5.68. The fourth-order valence-corrected chi connectivity index (χ4v) is 3.90. The number of sulfonamides is 1. The number of rotatable bonds is 9. The smallest absolute Gasteiger partial charge is 0.260 e. The van der Waals surface area contributed by atoms with Crippen LogP contribution in [0, 0.1) is 0 Å². The van der Waals surface area contributed by atoms with Gasteiger partial charge in [0.1, 0.15) is 6.54 Å². The van der Waals surface area contributed by atoms with E-state index in [1.54, 1.807) is 18.2 Å². The van der Waals surface area contributed by atoms with Crippen LogP contribution in [0.25, 0.3) is 0 Å². The van der Waals surface area contributed by atoms with Crippen molar-refractivity contribution in [3.05, 3.63) is 59.1 Å². The highest BCUT2D eigenvalue weighted by Gasteiger charge is 2.22. The number of anilines is 2. The topological polar surface area (TPSA) is 82.1 Å². The predicted molar refractivity (Wildman–Crippen MR) is 119 cm³/mol. The first-order valence-electron chi connectivity index (χ1n) is 9.15. The molecule has 0 aliphatic heterocycles. The van der Waals surface area contributed by atoms with Gasteiger partial charge >= 0.3 is 0 Å². The molecule has 9 heteroatoms. The fraction of sp³-hybridized carbons (Fsp3) is 0.300. The third kappa shape index (κ3) is 6.47. The van der Waals surface area contributed by atoms with Gasteiger partial charge in [-0.1, -0.05) is 35.9 Å². The van der Waals surface area contributed by atoms with Gasteiger partial charge in [-0.05, 0) is 43.7 Å². The monoisotopic (exact) mass is 436 g/mol. The van der Waals surface area contributed by atoms with Crippen LogP contribution in [0.2, 0.25) is 5.02 Å². The predicted octanol–water partition coefficient (Wildman–Crippen LogP) is 3.10. The summed E-state index contributed by atoms with van der Waals surface area (Å²) in [5.41, 5.74) is 4.52. The molecule has 2 aromatic rings. The van der Waals surface area contributed by atoms with E-state index >= 15 is 0 Å². The SMILES string of the molecule is CCN(CC)c1ccc(/C=N/NC(=O)CN(c2ccccc2Cl)S(C)(=O)=O)cc1. The number of amides is 1. The zero-order valence-electron chi connectivity index (χ0n) is 16.7. The molecule has 0 spiro atoms. The fourth-order valence-electron chi connectivity index (χ4n) is 2.74. The molecule has 1 N–H and O–H groups in total. The van der Waals surface area contributed by atoms with Crippen LogP contribution in [-0.4, -0.2) is 46.4 Å². The van der Waals surface area contributed by atoms with Gasteiger partial charge in [-0.2, -0.15) is 5.10 Å². The number of para-hydroxylation sites is 1. The molecule has 0 saturated heterocycles. The number of benzene rings is 2. The van der Waals surface area contributed by atoms with Crippen molar-refractivity contribution in [1.29, 1.82) is 0 Å². The molecule has 0 bridgehead atoms. The molecular formula is C20H25ClN4O3S. The van der Waals surface area contributed by atoms with E-state index in [9.17, 15) is 13.2 Å². The van der Waals surface area contributed by atoms with Gasteiger partial charge in [0.25, 0.3) is 5.91 Å². The average molecular weight is 437 g/mol. The highest BCUT2D eigenvalue weighted by molar-refractivity contribution is 7.92. The lowest BCUT2D eigenvalue weighted by atomic mass is 10.2. The normalized spacial score (nSPS) is 11.4. The van der Waals surface area contributed by atoms with Crippen molar-refractivity contribution in [2.45, 2.75) is 13.8 Å². The van der Waals surface area contributed by atoms with Gasteiger partial charge in [0.2, 0.25) is 10.0 Å². The molecule has 29 heavy (non-hydrogen) atoms. The van der Waals surface area contributed by atoms with Crippen molar-refractivity contribution in [3.63, 3.8) is 0 Å². The molecule has 0 aliphatic carbocycles. The summed E-state index contributed by atoms with van der Waals surface area (Å²) in [4.78, 5) is 14.4. The molecule has 2 rings (SSSR count). The second kappa shape index (κ2) is 10.3. The summed E-state index contributed by atoms with van der Waals surface area (Å²) in [5, 5.41) is 4.15. The van der Waals surface area contributed by atoms with E-state index in [-0.39, 0.29) is 10.7 Å². The number of nitrogens with one attached hydrogen (secondary N) is 1. The van der Waals surface area contributed by atoms with Crippen LogP contribution in [0.5, 0.6) is 0 Å². The molecule has 0 atom stereocenters. The minimum Gasteiger partial charge on any atom is -0.372 e. The maximum Gasteiger partial charge on any atom is 0.260 e. The van der Waals surface area contributed by atoms with Crippen molar-refractivity contribution >= 4 is 45.1 Å². The van der Waals surface area contributed by atoms with Crippen LogP contribution < -0.4 is 14.6 Å². The average Bonchev–Trinajstić information content (AvgIpc) is 2.68. The Morgan fingerprint density at radius 3 is 2.28 bits per heavy atom. The van der Waals surface area contributed by atoms with Crippen LogP contribution in [0.4, 0.5) is 11.4 Å². The van der Waals surface area contributed by atoms with Crippen molar-refractivity contribution in [3.8, 4) is 0 Å². The van der Waals surface area contributed by atoms with Crippen LogP contribution in [0.15, 0.2) is 53.6 Å². The molecule has 0 radical (unpaired) electrons. The Hall–Kier alpha value is -2.58. The molecule has 0 heterocycles. The van der Waals surface area contributed by atoms with Crippen molar-refractivity contribution in [1.82, 2.24) is 5.43 Å². The molecule has 0 fully saturated rings. The first-order chi connectivity index (χ1) is 13.8. The lowest BCUT2D eigenvalue weighted by Gasteiger charge is -2.22. The quantitative estimate of drug-likeness (QED) is 0.483. The Morgan fingerprint density at radius 2 is 1.72 bits per heavy atom.